The Kier molecular flexibility index (Phi) is 4.56. The lowest BCUT2D eigenvalue weighted by Crippen LogP contribution is -1.96. The summed E-state index contributed by atoms with van der Waals surface area (Å²) < 4.78 is 1.04. The van der Waals surface area contributed by atoms with Crippen LogP contribution in [0.2, 0.25) is 0 Å². The molecule has 0 fully saturated rings. The van der Waals surface area contributed by atoms with Crippen LogP contribution in [-0.2, 0) is 0 Å². The van der Waals surface area contributed by atoms with Gasteiger partial charge in [-0.1, -0.05) is 58.4 Å². The van der Waals surface area contributed by atoms with Gasteiger partial charge in [0.25, 0.3) is 0 Å². The maximum Gasteiger partial charge on any atom is 0.168 e. The Bertz CT molecular complexity index is 753. The van der Waals surface area contributed by atoms with Gasteiger partial charge in [-0.05, 0) is 29.8 Å². The van der Waals surface area contributed by atoms with Crippen molar-refractivity contribution in [2.45, 2.75) is 0 Å². The van der Waals surface area contributed by atoms with E-state index in [0.717, 1.165) is 21.3 Å². The summed E-state index contributed by atoms with van der Waals surface area (Å²) in [5.41, 5.74) is 5.75. The molecule has 5 heteroatoms. The number of nitrogens with zero attached hydrogens (tertiary/aromatic N) is 3. The first kappa shape index (κ1) is 14.4. The SMILES string of the molecule is Brc1ccc(/C=N/Nc2ccc(-c3ccccc3)nn2)cc1. The monoisotopic (exact) mass is 352 g/mol. The minimum atomic E-state index is 0.605. The number of hydrogen-bond donors (Lipinski definition) is 1. The van der Waals surface area contributed by atoms with Crippen LogP contribution in [0.3, 0.4) is 0 Å². The van der Waals surface area contributed by atoms with E-state index in [1.165, 1.54) is 0 Å². The first-order chi connectivity index (χ1) is 10.8. The average molecular weight is 353 g/mol. The van der Waals surface area contributed by atoms with Crippen LogP contribution in [0.1, 0.15) is 5.56 Å². The zero-order chi connectivity index (χ0) is 15.2. The molecule has 0 bridgehead atoms. The fourth-order valence-corrected chi connectivity index (χ4v) is 2.14. The molecular weight excluding hydrogens is 340 g/mol. The van der Waals surface area contributed by atoms with Crippen molar-refractivity contribution in [1.82, 2.24) is 10.2 Å². The van der Waals surface area contributed by atoms with Crippen molar-refractivity contribution in [3.05, 3.63) is 76.8 Å². The molecule has 0 aliphatic heterocycles. The molecule has 1 aromatic heterocycles. The summed E-state index contributed by atoms with van der Waals surface area (Å²) in [6, 6.07) is 21.6. The first-order valence-electron chi connectivity index (χ1n) is 6.75. The summed E-state index contributed by atoms with van der Waals surface area (Å²) in [6.45, 7) is 0. The van der Waals surface area contributed by atoms with E-state index in [-0.39, 0.29) is 0 Å². The van der Waals surface area contributed by atoms with E-state index in [2.05, 4.69) is 36.7 Å². The van der Waals surface area contributed by atoms with Gasteiger partial charge in [0.15, 0.2) is 5.82 Å². The smallest absolute Gasteiger partial charge is 0.168 e. The summed E-state index contributed by atoms with van der Waals surface area (Å²) in [5, 5.41) is 12.5. The maximum atomic E-state index is 4.19. The number of nitrogens with one attached hydrogen (secondary N) is 1. The van der Waals surface area contributed by atoms with Gasteiger partial charge in [0.1, 0.15) is 0 Å². The van der Waals surface area contributed by atoms with E-state index in [9.17, 15) is 0 Å². The normalized spacial score (nSPS) is 10.8. The molecule has 0 aliphatic rings. The molecule has 0 spiro atoms. The number of benzene rings is 2. The van der Waals surface area contributed by atoms with E-state index in [0.29, 0.717) is 5.82 Å². The standard InChI is InChI=1S/C17H13BrN4/c18-15-8-6-13(7-9-15)12-19-21-17-11-10-16(20-22-17)14-4-2-1-3-5-14/h1-12H,(H,21,22)/b19-12+. The van der Waals surface area contributed by atoms with Crippen molar-refractivity contribution in [3.8, 4) is 11.3 Å². The second-order valence-corrected chi connectivity index (χ2v) is 5.51. The van der Waals surface area contributed by atoms with Gasteiger partial charge in [-0.15, -0.1) is 10.2 Å². The lowest BCUT2D eigenvalue weighted by molar-refractivity contribution is 1.03. The summed E-state index contributed by atoms with van der Waals surface area (Å²) in [6.07, 6.45) is 1.74. The average Bonchev–Trinajstić information content (AvgIpc) is 2.58. The quantitative estimate of drug-likeness (QED) is 0.560. The second kappa shape index (κ2) is 6.95. The molecule has 0 atom stereocenters. The molecule has 2 aromatic carbocycles. The highest BCUT2D eigenvalue weighted by Gasteiger charge is 1.99. The van der Waals surface area contributed by atoms with Crippen molar-refractivity contribution in [2.75, 3.05) is 5.43 Å². The van der Waals surface area contributed by atoms with Gasteiger partial charge < -0.3 is 0 Å². The highest BCUT2D eigenvalue weighted by molar-refractivity contribution is 9.10. The van der Waals surface area contributed by atoms with Gasteiger partial charge in [-0.25, -0.2) is 0 Å². The lowest BCUT2D eigenvalue weighted by Gasteiger charge is -2.01. The first-order valence-corrected chi connectivity index (χ1v) is 7.54. The Hall–Kier alpha value is -2.53. The molecule has 0 saturated carbocycles. The molecule has 4 nitrogen and oxygen atoms in total. The van der Waals surface area contributed by atoms with Crippen molar-refractivity contribution in [3.63, 3.8) is 0 Å². The minimum Gasteiger partial charge on any atom is -0.260 e. The van der Waals surface area contributed by atoms with Crippen LogP contribution < -0.4 is 5.43 Å². The van der Waals surface area contributed by atoms with Crippen LogP contribution in [0, 0.1) is 0 Å². The molecule has 3 aromatic rings. The van der Waals surface area contributed by atoms with Gasteiger partial charge in [-0.2, -0.15) is 5.10 Å². The maximum absolute atomic E-state index is 4.19. The molecule has 0 aliphatic carbocycles. The topological polar surface area (TPSA) is 50.2 Å². The Morgan fingerprint density at radius 3 is 2.32 bits per heavy atom. The van der Waals surface area contributed by atoms with E-state index >= 15 is 0 Å². The third kappa shape index (κ3) is 3.77. The second-order valence-electron chi connectivity index (χ2n) is 4.59. The van der Waals surface area contributed by atoms with Gasteiger partial charge >= 0.3 is 0 Å². The number of hydrazone groups is 1. The Balaban J connectivity index is 1.65. The number of anilines is 1. The molecule has 0 unspecified atom stereocenters. The molecule has 0 saturated heterocycles. The minimum absolute atomic E-state index is 0.605. The molecule has 0 amide bonds. The predicted octanol–water partition coefficient (Wildman–Crippen LogP) is 4.35. The van der Waals surface area contributed by atoms with Crippen LogP contribution in [0.5, 0.6) is 0 Å². The Labute approximate surface area is 137 Å². The number of halogens is 1. The molecule has 0 radical (unpaired) electrons. The molecule has 22 heavy (non-hydrogen) atoms. The Morgan fingerprint density at radius 1 is 0.864 bits per heavy atom. The van der Waals surface area contributed by atoms with E-state index in [1.54, 1.807) is 6.21 Å². The van der Waals surface area contributed by atoms with Crippen molar-refractivity contribution in [2.24, 2.45) is 5.10 Å². The summed E-state index contributed by atoms with van der Waals surface area (Å²) in [5.74, 6) is 0.605. The van der Waals surface area contributed by atoms with E-state index in [4.69, 9.17) is 0 Å². The fraction of sp³-hybridized carbons (Fsp3) is 0. The molecule has 108 valence electrons. The molecule has 1 N–H and O–H groups in total. The van der Waals surface area contributed by atoms with E-state index in [1.807, 2.05) is 66.7 Å². The van der Waals surface area contributed by atoms with Crippen molar-refractivity contribution >= 4 is 28.0 Å². The molecular formula is C17H13BrN4. The molecule has 3 rings (SSSR count). The van der Waals surface area contributed by atoms with Crippen molar-refractivity contribution < 1.29 is 0 Å². The van der Waals surface area contributed by atoms with Crippen LogP contribution in [0.4, 0.5) is 5.82 Å². The lowest BCUT2D eigenvalue weighted by atomic mass is 10.1. The van der Waals surface area contributed by atoms with Gasteiger partial charge in [0.2, 0.25) is 0 Å². The van der Waals surface area contributed by atoms with Gasteiger partial charge in [0.05, 0.1) is 11.9 Å². The third-order valence-electron chi connectivity index (χ3n) is 3.00. The fourth-order valence-electron chi connectivity index (χ4n) is 1.88. The van der Waals surface area contributed by atoms with E-state index < -0.39 is 0 Å². The van der Waals surface area contributed by atoms with Crippen LogP contribution in [0.15, 0.2) is 76.3 Å². The van der Waals surface area contributed by atoms with Gasteiger partial charge in [-0.3, -0.25) is 5.43 Å². The van der Waals surface area contributed by atoms with Crippen LogP contribution in [-0.4, -0.2) is 16.4 Å². The number of rotatable bonds is 4. The summed E-state index contributed by atoms with van der Waals surface area (Å²) in [7, 11) is 0. The summed E-state index contributed by atoms with van der Waals surface area (Å²) in [4.78, 5) is 0. The zero-order valence-corrected chi connectivity index (χ0v) is 13.2. The van der Waals surface area contributed by atoms with Crippen molar-refractivity contribution in [1.29, 1.82) is 0 Å². The highest BCUT2D eigenvalue weighted by Crippen LogP contribution is 2.16. The van der Waals surface area contributed by atoms with Crippen LogP contribution in [0.25, 0.3) is 11.3 Å². The zero-order valence-electron chi connectivity index (χ0n) is 11.6. The Morgan fingerprint density at radius 2 is 1.64 bits per heavy atom. The number of aromatic nitrogens is 2. The number of hydrogen-bond acceptors (Lipinski definition) is 4. The summed E-state index contributed by atoms with van der Waals surface area (Å²) >= 11 is 3.40. The highest BCUT2D eigenvalue weighted by atomic mass is 79.9. The molecule has 1 heterocycles. The largest absolute Gasteiger partial charge is 0.260 e. The third-order valence-corrected chi connectivity index (χ3v) is 3.53. The van der Waals surface area contributed by atoms with Gasteiger partial charge in [0, 0.05) is 10.0 Å². The van der Waals surface area contributed by atoms with Crippen LogP contribution >= 0.6 is 15.9 Å². The predicted molar refractivity (Wildman–Crippen MR) is 92.8 cm³/mol.